The summed E-state index contributed by atoms with van der Waals surface area (Å²) in [5.41, 5.74) is 1.13. The Morgan fingerprint density at radius 3 is 2.67 bits per heavy atom. The molecular formula is C11H17NO3. The van der Waals surface area contributed by atoms with E-state index in [4.69, 9.17) is 9.84 Å². The number of carbonyl (C=O) groups is 1. The zero-order valence-corrected chi connectivity index (χ0v) is 8.87. The lowest BCUT2D eigenvalue weighted by Gasteiger charge is -2.43. The van der Waals surface area contributed by atoms with Crippen LogP contribution in [0.3, 0.4) is 0 Å². The Morgan fingerprint density at radius 1 is 1.47 bits per heavy atom. The lowest BCUT2D eigenvalue weighted by Crippen LogP contribution is -2.49. The van der Waals surface area contributed by atoms with Gasteiger partial charge in [-0.2, -0.15) is 0 Å². The average molecular weight is 211 g/mol. The summed E-state index contributed by atoms with van der Waals surface area (Å²) in [5, 5.41) is 8.84. The number of carboxylic acid groups (broad SMARTS) is 1. The van der Waals surface area contributed by atoms with E-state index in [1.807, 2.05) is 0 Å². The SMILES string of the molecule is C=C1CCOC2(CCN(C(=O)O)CC2)C1. The van der Waals surface area contributed by atoms with Crippen molar-refractivity contribution < 1.29 is 14.6 Å². The van der Waals surface area contributed by atoms with Crippen molar-refractivity contribution in [2.75, 3.05) is 19.7 Å². The number of hydrogen-bond donors (Lipinski definition) is 1. The van der Waals surface area contributed by atoms with E-state index in [0.717, 1.165) is 32.3 Å². The summed E-state index contributed by atoms with van der Waals surface area (Å²) in [6, 6.07) is 0. The van der Waals surface area contributed by atoms with E-state index in [1.165, 1.54) is 10.5 Å². The summed E-state index contributed by atoms with van der Waals surface area (Å²) in [7, 11) is 0. The zero-order valence-electron chi connectivity index (χ0n) is 8.87. The molecule has 2 fully saturated rings. The molecule has 1 amide bonds. The molecule has 0 atom stereocenters. The fourth-order valence-corrected chi connectivity index (χ4v) is 2.43. The Morgan fingerprint density at radius 2 is 2.13 bits per heavy atom. The van der Waals surface area contributed by atoms with Gasteiger partial charge in [0.1, 0.15) is 0 Å². The molecule has 0 aliphatic carbocycles. The highest BCUT2D eigenvalue weighted by Gasteiger charge is 2.38. The molecule has 0 unspecified atom stereocenters. The highest BCUT2D eigenvalue weighted by molar-refractivity contribution is 5.65. The quantitative estimate of drug-likeness (QED) is 0.622. The van der Waals surface area contributed by atoms with E-state index in [1.54, 1.807) is 0 Å². The van der Waals surface area contributed by atoms with Crippen molar-refractivity contribution in [3.63, 3.8) is 0 Å². The van der Waals surface area contributed by atoms with Crippen molar-refractivity contribution >= 4 is 6.09 Å². The topological polar surface area (TPSA) is 49.8 Å². The van der Waals surface area contributed by atoms with Crippen LogP contribution in [0.5, 0.6) is 0 Å². The molecule has 2 rings (SSSR count). The fourth-order valence-electron chi connectivity index (χ4n) is 2.43. The maximum absolute atomic E-state index is 10.8. The van der Waals surface area contributed by atoms with Gasteiger partial charge in [0.05, 0.1) is 12.2 Å². The summed E-state index contributed by atoms with van der Waals surface area (Å²) in [5.74, 6) is 0. The molecule has 2 heterocycles. The Hall–Kier alpha value is -1.03. The second-order valence-corrected chi connectivity index (χ2v) is 4.48. The van der Waals surface area contributed by atoms with Crippen LogP contribution >= 0.6 is 0 Å². The van der Waals surface area contributed by atoms with Gasteiger partial charge in [-0.15, -0.1) is 0 Å². The Labute approximate surface area is 89.5 Å². The molecule has 15 heavy (non-hydrogen) atoms. The molecule has 4 nitrogen and oxygen atoms in total. The van der Waals surface area contributed by atoms with Gasteiger partial charge in [-0.05, 0) is 25.7 Å². The molecule has 0 saturated carbocycles. The Kier molecular flexibility index (Phi) is 2.69. The Bertz CT molecular complexity index is 280. The first-order valence-electron chi connectivity index (χ1n) is 5.40. The first-order valence-corrected chi connectivity index (χ1v) is 5.40. The number of likely N-dealkylation sites (tertiary alicyclic amines) is 1. The summed E-state index contributed by atoms with van der Waals surface area (Å²) < 4.78 is 5.82. The van der Waals surface area contributed by atoms with E-state index in [-0.39, 0.29) is 5.60 Å². The van der Waals surface area contributed by atoms with Crippen LogP contribution in [0.15, 0.2) is 12.2 Å². The molecule has 0 aromatic heterocycles. The summed E-state index contributed by atoms with van der Waals surface area (Å²) in [6.07, 6.45) is 2.64. The van der Waals surface area contributed by atoms with Crippen molar-refractivity contribution in [2.45, 2.75) is 31.3 Å². The van der Waals surface area contributed by atoms with E-state index < -0.39 is 6.09 Å². The molecule has 1 N–H and O–H groups in total. The molecule has 0 radical (unpaired) electrons. The minimum absolute atomic E-state index is 0.110. The number of amides is 1. The monoisotopic (exact) mass is 211 g/mol. The van der Waals surface area contributed by atoms with Gasteiger partial charge in [0.25, 0.3) is 0 Å². The molecule has 2 saturated heterocycles. The van der Waals surface area contributed by atoms with Crippen LogP contribution in [0.25, 0.3) is 0 Å². The van der Waals surface area contributed by atoms with E-state index in [0.29, 0.717) is 13.1 Å². The van der Waals surface area contributed by atoms with Crippen LogP contribution in [-0.4, -0.2) is 41.4 Å². The van der Waals surface area contributed by atoms with Gasteiger partial charge in [-0.25, -0.2) is 4.79 Å². The van der Waals surface area contributed by atoms with Gasteiger partial charge < -0.3 is 14.7 Å². The predicted molar refractivity (Wildman–Crippen MR) is 55.9 cm³/mol. The van der Waals surface area contributed by atoms with E-state index in [9.17, 15) is 4.79 Å². The van der Waals surface area contributed by atoms with Gasteiger partial charge in [0.2, 0.25) is 0 Å². The maximum Gasteiger partial charge on any atom is 0.407 e. The van der Waals surface area contributed by atoms with Crippen molar-refractivity contribution in [2.24, 2.45) is 0 Å². The van der Waals surface area contributed by atoms with E-state index >= 15 is 0 Å². The van der Waals surface area contributed by atoms with Crippen LogP contribution in [0, 0.1) is 0 Å². The Balaban J connectivity index is 1.96. The second-order valence-electron chi connectivity index (χ2n) is 4.48. The largest absolute Gasteiger partial charge is 0.465 e. The highest BCUT2D eigenvalue weighted by atomic mass is 16.5. The van der Waals surface area contributed by atoms with Gasteiger partial charge in [0.15, 0.2) is 0 Å². The molecule has 0 bridgehead atoms. The predicted octanol–water partition coefficient (Wildman–Crippen LogP) is 1.87. The number of hydrogen-bond acceptors (Lipinski definition) is 2. The minimum Gasteiger partial charge on any atom is -0.465 e. The standard InChI is InChI=1S/C11H17NO3/c1-9-2-7-15-11(8-9)3-5-12(6-4-11)10(13)14/h1-8H2,(H,13,14). The van der Waals surface area contributed by atoms with Gasteiger partial charge in [0, 0.05) is 13.1 Å². The number of rotatable bonds is 0. The van der Waals surface area contributed by atoms with Crippen molar-refractivity contribution in [3.05, 3.63) is 12.2 Å². The molecule has 2 aliphatic heterocycles. The summed E-state index contributed by atoms with van der Waals surface area (Å²) in [4.78, 5) is 12.2. The summed E-state index contributed by atoms with van der Waals surface area (Å²) >= 11 is 0. The number of nitrogens with zero attached hydrogens (tertiary/aromatic N) is 1. The third-order valence-corrected chi connectivity index (χ3v) is 3.38. The summed E-state index contributed by atoms with van der Waals surface area (Å²) in [6.45, 7) is 5.92. The molecular weight excluding hydrogens is 194 g/mol. The van der Waals surface area contributed by atoms with Crippen LogP contribution < -0.4 is 0 Å². The molecule has 2 aliphatic rings. The van der Waals surface area contributed by atoms with E-state index in [2.05, 4.69) is 6.58 Å². The van der Waals surface area contributed by atoms with Crippen LogP contribution in [0.1, 0.15) is 25.7 Å². The maximum atomic E-state index is 10.8. The molecule has 1 spiro atoms. The zero-order chi connectivity index (χ0) is 10.9. The van der Waals surface area contributed by atoms with Crippen LogP contribution in [-0.2, 0) is 4.74 Å². The van der Waals surface area contributed by atoms with Crippen molar-refractivity contribution in [1.29, 1.82) is 0 Å². The number of ether oxygens (including phenoxy) is 1. The highest BCUT2D eigenvalue weighted by Crippen LogP contribution is 2.36. The lowest BCUT2D eigenvalue weighted by atomic mass is 9.83. The van der Waals surface area contributed by atoms with Crippen LogP contribution in [0.2, 0.25) is 0 Å². The second kappa shape index (κ2) is 3.85. The third kappa shape index (κ3) is 2.15. The molecule has 4 heteroatoms. The van der Waals surface area contributed by atoms with Gasteiger partial charge >= 0.3 is 6.09 Å². The van der Waals surface area contributed by atoms with Gasteiger partial charge in [-0.3, -0.25) is 0 Å². The first-order chi connectivity index (χ1) is 7.11. The van der Waals surface area contributed by atoms with Crippen LogP contribution in [0.4, 0.5) is 4.79 Å². The lowest BCUT2D eigenvalue weighted by molar-refractivity contribution is -0.0929. The average Bonchev–Trinajstić information content (AvgIpc) is 2.18. The normalized spacial score (nSPS) is 25.6. The molecule has 0 aromatic carbocycles. The minimum atomic E-state index is -0.820. The third-order valence-electron chi connectivity index (χ3n) is 3.38. The number of piperidine rings is 1. The first kappa shape index (κ1) is 10.5. The smallest absolute Gasteiger partial charge is 0.407 e. The fraction of sp³-hybridized carbons (Fsp3) is 0.727. The molecule has 84 valence electrons. The molecule has 0 aromatic rings. The van der Waals surface area contributed by atoms with Crippen molar-refractivity contribution in [3.8, 4) is 0 Å². The van der Waals surface area contributed by atoms with Crippen molar-refractivity contribution in [1.82, 2.24) is 4.90 Å². The van der Waals surface area contributed by atoms with Gasteiger partial charge in [-0.1, -0.05) is 12.2 Å².